The van der Waals surface area contributed by atoms with Gasteiger partial charge in [0.25, 0.3) is 0 Å². The lowest BCUT2D eigenvalue weighted by molar-refractivity contribution is 0.0564. The number of hydrogen-bond donors (Lipinski definition) is 2. The molecule has 20 heavy (non-hydrogen) atoms. The van der Waals surface area contributed by atoms with E-state index < -0.39 is 19.1 Å². The number of benzene rings is 1. The molecular formula is C15H21N3O2. The fourth-order valence-corrected chi connectivity index (χ4v) is 2.43. The molecule has 0 aromatic heterocycles. The molecule has 0 saturated carbocycles. The number of carbonyl (C=O) groups is 1. The first-order valence-corrected chi connectivity index (χ1v) is 6.86. The maximum atomic E-state index is 12.4. The molecule has 5 heteroatoms. The zero-order valence-electron chi connectivity index (χ0n) is 15.2. The highest BCUT2D eigenvalue weighted by Gasteiger charge is 2.17. The number of hydrogen-bond acceptors (Lipinski definition) is 3. The third-order valence-corrected chi connectivity index (χ3v) is 3.51. The minimum absolute atomic E-state index is 0.00674. The Morgan fingerprint density at radius 2 is 2.20 bits per heavy atom. The highest BCUT2D eigenvalue weighted by atomic mass is 16.5. The van der Waals surface area contributed by atoms with Gasteiger partial charge >= 0.3 is 6.03 Å². The van der Waals surface area contributed by atoms with Crippen LogP contribution in [0.4, 0.5) is 10.5 Å². The Balaban J connectivity index is 1.76. The van der Waals surface area contributed by atoms with Gasteiger partial charge in [0.15, 0.2) is 0 Å². The molecule has 1 saturated heterocycles. The molecule has 0 bridgehead atoms. The number of anilines is 1. The van der Waals surface area contributed by atoms with E-state index in [1.807, 2.05) is 12.1 Å². The van der Waals surface area contributed by atoms with Crippen LogP contribution in [0, 0.1) is 0 Å². The maximum Gasteiger partial charge on any atom is 0.321 e. The summed E-state index contributed by atoms with van der Waals surface area (Å²) >= 11 is 0. The van der Waals surface area contributed by atoms with E-state index in [1.165, 1.54) is 5.56 Å². The second-order valence-electron chi connectivity index (χ2n) is 4.88. The SMILES string of the molecule is [2H]C1([2H])OCCN(C(=O)Nc2ccc3c(c2)CCNCC3)C1([2H])[2H]. The first kappa shape index (κ1) is 9.37. The minimum atomic E-state index is -2.54. The number of amides is 2. The largest absolute Gasteiger partial charge is 0.378 e. The zero-order valence-corrected chi connectivity index (χ0v) is 11.2. The second-order valence-corrected chi connectivity index (χ2v) is 4.88. The molecule has 0 unspecified atom stereocenters. The lowest BCUT2D eigenvalue weighted by atomic mass is 10.0. The van der Waals surface area contributed by atoms with Crippen molar-refractivity contribution in [3.63, 3.8) is 0 Å². The predicted octanol–water partition coefficient (Wildman–Crippen LogP) is 1.24. The van der Waals surface area contributed by atoms with Gasteiger partial charge < -0.3 is 20.3 Å². The van der Waals surface area contributed by atoms with Crippen molar-refractivity contribution < 1.29 is 15.0 Å². The van der Waals surface area contributed by atoms with Crippen LogP contribution in [0.5, 0.6) is 0 Å². The summed E-state index contributed by atoms with van der Waals surface area (Å²) in [5, 5.41) is 6.01. The Morgan fingerprint density at radius 3 is 3.10 bits per heavy atom. The van der Waals surface area contributed by atoms with Gasteiger partial charge in [-0.15, -0.1) is 0 Å². The van der Waals surface area contributed by atoms with Gasteiger partial charge in [-0.05, 0) is 49.2 Å². The van der Waals surface area contributed by atoms with Gasteiger partial charge in [-0.1, -0.05) is 6.07 Å². The number of fused-ring (bicyclic) bond motifs is 1. The molecule has 1 aromatic carbocycles. The van der Waals surface area contributed by atoms with Crippen LogP contribution in [-0.2, 0) is 17.6 Å². The summed E-state index contributed by atoms with van der Waals surface area (Å²) in [5.74, 6) is 0. The van der Waals surface area contributed by atoms with Crippen molar-refractivity contribution in [2.24, 2.45) is 0 Å². The molecule has 0 radical (unpaired) electrons. The summed E-state index contributed by atoms with van der Waals surface area (Å²) in [4.78, 5) is 13.3. The van der Waals surface area contributed by atoms with E-state index in [4.69, 9.17) is 10.2 Å². The van der Waals surface area contributed by atoms with Crippen LogP contribution >= 0.6 is 0 Å². The van der Waals surface area contributed by atoms with Crippen LogP contribution < -0.4 is 10.6 Å². The molecule has 108 valence electrons. The number of nitrogens with one attached hydrogen (secondary N) is 2. The first-order valence-electron chi connectivity index (χ1n) is 8.86. The summed E-state index contributed by atoms with van der Waals surface area (Å²) in [5.41, 5.74) is 3.00. The van der Waals surface area contributed by atoms with Crippen LogP contribution in [0.15, 0.2) is 18.2 Å². The molecule has 0 atom stereocenters. The van der Waals surface area contributed by atoms with Gasteiger partial charge in [0.2, 0.25) is 0 Å². The van der Waals surface area contributed by atoms with Crippen molar-refractivity contribution >= 4 is 11.7 Å². The van der Waals surface area contributed by atoms with Crippen LogP contribution in [-0.4, -0.2) is 50.2 Å². The molecule has 2 N–H and O–H groups in total. The number of carbonyl (C=O) groups excluding carboxylic acids is 1. The molecular weight excluding hydrogens is 254 g/mol. The van der Waals surface area contributed by atoms with E-state index in [-0.39, 0.29) is 13.2 Å². The van der Waals surface area contributed by atoms with Crippen molar-refractivity contribution in [2.45, 2.75) is 12.8 Å². The van der Waals surface area contributed by atoms with E-state index in [9.17, 15) is 4.79 Å². The van der Waals surface area contributed by atoms with Gasteiger partial charge in [0.05, 0.1) is 18.6 Å². The van der Waals surface area contributed by atoms with Crippen LogP contribution in [0.2, 0.25) is 0 Å². The highest BCUT2D eigenvalue weighted by molar-refractivity contribution is 5.89. The van der Waals surface area contributed by atoms with Gasteiger partial charge in [0.1, 0.15) is 0 Å². The normalized spacial score (nSPS) is 27.1. The highest BCUT2D eigenvalue weighted by Crippen LogP contribution is 2.19. The lowest BCUT2D eigenvalue weighted by Crippen LogP contribution is -2.43. The summed E-state index contributed by atoms with van der Waals surface area (Å²) < 4.78 is 35.8. The topological polar surface area (TPSA) is 53.6 Å². The smallest absolute Gasteiger partial charge is 0.321 e. The summed E-state index contributed by atoms with van der Waals surface area (Å²) in [6.45, 7) is -3.31. The number of urea groups is 1. The Hall–Kier alpha value is -1.59. The summed E-state index contributed by atoms with van der Waals surface area (Å²) in [6.07, 6.45) is 1.82. The van der Waals surface area contributed by atoms with Crippen molar-refractivity contribution in [3.05, 3.63) is 29.3 Å². The standard InChI is InChI=1S/C15H21N3O2/c19-15(18-7-9-20-10-8-18)17-14-2-1-12-3-5-16-6-4-13(12)11-14/h1-2,11,16H,3-10H2,(H,17,19)/i7D2,9D2. The van der Waals surface area contributed by atoms with Crippen LogP contribution in [0.1, 0.15) is 16.6 Å². The monoisotopic (exact) mass is 279 g/mol. The van der Waals surface area contributed by atoms with E-state index in [0.717, 1.165) is 36.4 Å². The number of nitrogens with zero attached hydrogens (tertiary/aromatic N) is 1. The van der Waals surface area contributed by atoms with E-state index >= 15 is 0 Å². The zero-order chi connectivity index (χ0) is 17.4. The van der Waals surface area contributed by atoms with E-state index in [1.54, 1.807) is 6.07 Å². The average molecular weight is 279 g/mol. The van der Waals surface area contributed by atoms with Crippen LogP contribution in [0.25, 0.3) is 0 Å². The third kappa shape index (κ3) is 3.11. The molecule has 0 aliphatic carbocycles. The van der Waals surface area contributed by atoms with Crippen LogP contribution in [0.3, 0.4) is 0 Å². The number of rotatable bonds is 1. The molecule has 1 aromatic rings. The fraction of sp³-hybridized carbons (Fsp3) is 0.533. The van der Waals surface area contributed by atoms with Gasteiger partial charge in [-0.25, -0.2) is 4.79 Å². The maximum absolute atomic E-state index is 12.4. The molecule has 2 heterocycles. The minimum Gasteiger partial charge on any atom is -0.378 e. The second kappa shape index (κ2) is 6.24. The van der Waals surface area contributed by atoms with Gasteiger partial charge in [-0.2, -0.15) is 0 Å². The molecule has 0 spiro atoms. The fourth-order valence-electron chi connectivity index (χ4n) is 2.43. The Kier molecular flexibility index (Phi) is 2.92. The molecule has 3 rings (SSSR count). The van der Waals surface area contributed by atoms with Crippen molar-refractivity contribution in [2.75, 3.05) is 44.6 Å². The third-order valence-electron chi connectivity index (χ3n) is 3.51. The Labute approximate surface area is 124 Å². The summed E-state index contributed by atoms with van der Waals surface area (Å²) in [7, 11) is 0. The van der Waals surface area contributed by atoms with E-state index in [2.05, 4.69) is 10.6 Å². The number of morpholine rings is 1. The average Bonchev–Trinajstić information content (AvgIpc) is 2.74. The Morgan fingerprint density at radius 1 is 1.35 bits per heavy atom. The molecule has 5 nitrogen and oxygen atoms in total. The summed E-state index contributed by atoms with van der Waals surface area (Å²) in [6, 6.07) is 5.02. The lowest BCUT2D eigenvalue weighted by Gasteiger charge is -2.27. The number of ether oxygens (including phenoxy) is 1. The van der Waals surface area contributed by atoms with E-state index in [0.29, 0.717) is 5.69 Å². The molecule has 2 amide bonds. The Bertz CT molecular complexity index is 639. The first-order chi connectivity index (χ1) is 11.3. The molecule has 2 aliphatic rings. The predicted molar refractivity (Wildman–Crippen MR) is 78.1 cm³/mol. The van der Waals surface area contributed by atoms with Crippen molar-refractivity contribution in [1.29, 1.82) is 0 Å². The quantitative estimate of drug-likeness (QED) is 0.813. The molecule has 2 aliphatic heterocycles. The van der Waals surface area contributed by atoms with Crippen molar-refractivity contribution in [1.82, 2.24) is 10.2 Å². The molecule has 1 fully saturated rings. The van der Waals surface area contributed by atoms with Gasteiger partial charge in [0, 0.05) is 18.7 Å². The van der Waals surface area contributed by atoms with Gasteiger partial charge in [-0.3, -0.25) is 0 Å². The van der Waals surface area contributed by atoms with Crippen molar-refractivity contribution in [3.8, 4) is 0 Å².